The van der Waals surface area contributed by atoms with Crippen molar-refractivity contribution in [3.8, 4) is 0 Å². The normalized spacial score (nSPS) is 11.2. The van der Waals surface area contributed by atoms with Crippen molar-refractivity contribution >= 4 is 29.8 Å². The van der Waals surface area contributed by atoms with Crippen molar-refractivity contribution in [2.24, 2.45) is 5.73 Å². The summed E-state index contributed by atoms with van der Waals surface area (Å²) in [7, 11) is 0. The van der Waals surface area contributed by atoms with Gasteiger partial charge in [-0.2, -0.15) is 0 Å². The van der Waals surface area contributed by atoms with Crippen LogP contribution in [0.5, 0.6) is 0 Å². The van der Waals surface area contributed by atoms with E-state index in [-0.39, 0.29) is 32.1 Å². The first-order valence-electron chi connectivity index (χ1n) is 9.15. The zero-order valence-electron chi connectivity index (χ0n) is 17.2. The molecule has 0 atom stereocenters. The Balaban J connectivity index is 6.52. The molecular formula is C17H28N2O10. The van der Waals surface area contributed by atoms with Crippen LogP contribution in [-0.2, 0) is 47.8 Å². The van der Waals surface area contributed by atoms with Gasteiger partial charge < -0.3 is 23.8 Å². The SMILES string of the molecule is CCC(=O)ONC(OC(=O)CC)(OC(=O)CC)C(N)(OC(=O)CC)OC(=O)CC. The summed E-state index contributed by atoms with van der Waals surface area (Å²) in [6, 6.07) is 0. The summed E-state index contributed by atoms with van der Waals surface area (Å²) < 4.78 is 20.1. The highest BCUT2D eigenvalue weighted by molar-refractivity contribution is 5.74. The predicted octanol–water partition coefficient (Wildman–Crippen LogP) is 0.523. The maximum Gasteiger partial charge on any atom is 0.447 e. The minimum absolute atomic E-state index is 0.131. The average Bonchev–Trinajstić information content (AvgIpc) is 2.70. The Hall–Kier alpha value is -2.73. The smallest absolute Gasteiger partial charge is 0.401 e. The monoisotopic (exact) mass is 420 g/mol. The minimum Gasteiger partial charge on any atom is -0.401 e. The molecule has 0 unspecified atom stereocenters. The first-order chi connectivity index (χ1) is 13.5. The quantitative estimate of drug-likeness (QED) is 0.194. The number of carbonyl (C=O) groups is 5. The molecule has 0 heterocycles. The van der Waals surface area contributed by atoms with E-state index in [2.05, 4.69) is 0 Å². The number of carbonyl (C=O) groups excluding carboxylic acids is 5. The molecule has 0 aliphatic heterocycles. The fourth-order valence-electron chi connectivity index (χ4n) is 1.57. The van der Waals surface area contributed by atoms with E-state index in [0.29, 0.717) is 0 Å². The molecule has 0 spiro atoms. The third-order valence-electron chi connectivity index (χ3n) is 3.25. The van der Waals surface area contributed by atoms with Crippen molar-refractivity contribution in [2.45, 2.75) is 78.5 Å². The highest BCUT2D eigenvalue weighted by atomic mass is 16.9. The van der Waals surface area contributed by atoms with Crippen molar-refractivity contribution in [1.29, 1.82) is 0 Å². The molecule has 29 heavy (non-hydrogen) atoms. The number of hydrogen-bond acceptors (Lipinski definition) is 12. The lowest BCUT2D eigenvalue weighted by atomic mass is 10.3. The fourth-order valence-corrected chi connectivity index (χ4v) is 1.57. The summed E-state index contributed by atoms with van der Waals surface area (Å²) >= 11 is 0. The van der Waals surface area contributed by atoms with Crippen LogP contribution in [0.3, 0.4) is 0 Å². The first kappa shape index (κ1) is 26.3. The van der Waals surface area contributed by atoms with E-state index in [1.807, 2.05) is 5.48 Å². The Morgan fingerprint density at radius 2 is 0.931 bits per heavy atom. The molecule has 0 saturated heterocycles. The molecule has 12 nitrogen and oxygen atoms in total. The van der Waals surface area contributed by atoms with E-state index in [9.17, 15) is 24.0 Å². The third kappa shape index (κ3) is 7.66. The molecule has 0 fully saturated rings. The Bertz CT molecular complexity index is 583. The second kappa shape index (κ2) is 12.0. The van der Waals surface area contributed by atoms with Gasteiger partial charge in [-0.1, -0.05) is 40.1 Å². The van der Waals surface area contributed by atoms with E-state index < -0.39 is 41.7 Å². The molecular weight excluding hydrogens is 392 g/mol. The summed E-state index contributed by atoms with van der Waals surface area (Å²) in [5, 5.41) is 0. The highest BCUT2D eigenvalue weighted by Gasteiger charge is 2.65. The maximum atomic E-state index is 12.0. The van der Waals surface area contributed by atoms with Crippen molar-refractivity contribution in [3.05, 3.63) is 0 Å². The van der Waals surface area contributed by atoms with Crippen LogP contribution in [0, 0.1) is 0 Å². The number of nitrogens with two attached hydrogens (primary N) is 1. The van der Waals surface area contributed by atoms with E-state index in [0.717, 1.165) is 0 Å². The van der Waals surface area contributed by atoms with E-state index in [4.69, 9.17) is 29.5 Å². The van der Waals surface area contributed by atoms with Crippen LogP contribution in [0.4, 0.5) is 0 Å². The van der Waals surface area contributed by atoms with Gasteiger partial charge in [0.05, 0.1) is 0 Å². The van der Waals surface area contributed by atoms with E-state index in [1.165, 1.54) is 34.6 Å². The number of esters is 4. The average molecular weight is 420 g/mol. The number of ether oxygens (including phenoxy) is 4. The zero-order valence-corrected chi connectivity index (χ0v) is 17.2. The maximum absolute atomic E-state index is 12.0. The van der Waals surface area contributed by atoms with E-state index in [1.54, 1.807) is 0 Å². The van der Waals surface area contributed by atoms with Crippen LogP contribution < -0.4 is 11.2 Å². The van der Waals surface area contributed by atoms with Gasteiger partial charge in [0.1, 0.15) is 0 Å². The molecule has 0 aromatic heterocycles. The lowest BCUT2D eigenvalue weighted by Crippen LogP contribution is -2.74. The minimum atomic E-state index is -3.02. The molecule has 0 radical (unpaired) electrons. The van der Waals surface area contributed by atoms with Gasteiger partial charge in [-0.15, -0.1) is 0 Å². The number of hydrogen-bond donors (Lipinski definition) is 2. The van der Waals surface area contributed by atoms with Crippen LogP contribution in [0.2, 0.25) is 0 Å². The molecule has 0 aliphatic carbocycles. The Kier molecular flexibility index (Phi) is 10.8. The number of hydroxylamine groups is 1. The lowest BCUT2D eigenvalue weighted by molar-refractivity contribution is -0.395. The standard InChI is InChI=1S/C17H28N2O10/c1-6-11(20)25-16(18,26-12(21)7-2)17(27-13(22)8-3,28-14(23)9-4)19-29-15(24)10-5/h19H,6-10,18H2,1-5H3. The molecule has 0 bridgehead atoms. The van der Waals surface area contributed by atoms with Gasteiger partial charge in [0.2, 0.25) is 0 Å². The molecule has 3 N–H and O–H groups in total. The van der Waals surface area contributed by atoms with Crippen LogP contribution >= 0.6 is 0 Å². The second-order valence-electron chi connectivity index (χ2n) is 5.52. The molecule has 0 aromatic carbocycles. The van der Waals surface area contributed by atoms with Crippen LogP contribution in [0.25, 0.3) is 0 Å². The van der Waals surface area contributed by atoms with Crippen LogP contribution in [-0.4, -0.2) is 41.7 Å². The molecule has 166 valence electrons. The molecule has 12 heteroatoms. The third-order valence-corrected chi connectivity index (χ3v) is 3.25. The van der Waals surface area contributed by atoms with E-state index >= 15 is 0 Å². The van der Waals surface area contributed by atoms with Gasteiger partial charge in [0.15, 0.2) is 0 Å². The van der Waals surface area contributed by atoms with Crippen LogP contribution in [0.15, 0.2) is 0 Å². The molecule has 0 rings (SSSR count). The van der Waals surface area contributed by atoms with Crippen LogP contribution in [0.1, 0.15) is 66.7 Å². The topological polar surface area (TPSA) is 170 Å². The first-order valence-corrected chi connectivity index (χ1v) is 9.15. The molecule has 0 aliphatic rings. The van der Waals surface area contributed by atoms with Crippen molar-refractivity contribution in [3.63, 3.8) is 0 Å². The summed E-state index contributed by atoms with van der Waals surface area (Å²) in [5.74, 6) is -10.9. The van der Waals surface area contributed by atoms with Crippen molar-refractivity contribution < 1.29 is 47.8 Å². The zero-order chi connectivity index (χ0) is 22.7. The largest absolute Gasteiger partial charge is 0.447 e. The van der Waals surface area contributed by atoms with Gasteiger partial charge in [-0.05, 0) is 0 Å². The summed E-state index contributed by atoms with van der Waals surface area (Å²) in [5.41, 5.74) is 7.87. The number of rotatable bonds is 12. The fraction of sp³-hybridized carbons (Fsp3) is 0.706. The Labute approximate surface area is 168 Å². The lowest BCUT2D eigenvalue weighted by Gasteiger charge is -2.41. The summed E-state index contributed by atoms with van der Waals surface area (Å²) in [4.78, 5) is 64.3. The van der Waals surface area contributed by atoms with Crippen molar-refractivity contribution in [1.82, 2.24) is 5.48 Å². The predicted molar refractivity (Wildman–Crippen MR) is 94.7 cm³/mol. The van der Waals surface area contributed by atoms with Gasteiger partial charge >= 0.3 is 41.7 Å². The highest BCUT2D eigenvalue weighted by Crippen LogP contribution is 2.29. The molecule has 0 aromatic rings. The summed E-state index contributed by atoms with van der Waals surface area (Å²) in [6.45, 7) is 7.08. The molecule has 0 saturated carbocycles. The molecule has 0 amide bonds. The summed E-state index contributed by atoms with van der Waals surface area (Å²) in [6.07, 6.45) is -1.07. The Morgan fingerprint density at radius 3 is 1.24 bits per heavy atom. The van der Waals surface area contributed by atoms with Crippen molar-refractivity contribution in [2.75, 3.05) is 0 Å². The van der Waals surface area contributed by atoms with Gasteiger partial charge in [-0.3, -0.25) is 24.0 Å². The Morgan fingerprint density at radius 1 is 0.621 bits per heavy atom. The number of nitrogens with one attached hydrogen (secondary N) is 1. The van der Waals surface area contributed by atoms with Gasteiger partial charge in [0.25, 0.3) is 0 Å². The van der Waals surface area contributed by atoms with Gasteiger partial charge in [0, 0.05) is 32.1 Å². The van der Waals surface area contributed by atoms with Gasteiger partial charge in [-0.25, -0.2) is 5.73 Å². The second-order valence-corrected chi connectivity index (χ2v) is 5.52.